The van der Waals surface area contributed by atoms with Crippen LogP contribution in [0.5, 0.6) is 5.75 Å². The number of hydrogen-bond donors (Lipinski definition) is 0. The number of pyridine rings is 1. The lowest BCUT2D eigenvalue weighted by Crippen LogP contribution is -1.96. The Morgan fingerprint density at radius 2 is 1.68 bits per heavy atom. The van der Waals surface area contributed by atoms with Crippen LogP contribution in [0.15, 0.2) is 59.0 Å². The fourth-order valence-corrected chi connectivity index (χ4v) is 2.03. The molecule has 2 aromatic rings. The lowest BCUT2D eigenvalue weighted by Gasteiger charge is -2.05. The Balaban J connectivity index is 1.74. The van der Waals surface area contributed by atoms with E-state index in [9.17, 15) is 0 Å². The largest absolute Gasteiger partial charge is 0.494 e. The Bertz CT molecular complexity index is 552. The highest BCUT2D eigenvalue weighted by Crippen LogP contribution is 2.21. The monoisotopic (exact) mass is 297 g/mol. The van der Waals surface area contributed by atoms with Crippen molar-refractivity contribution in [3.8, 4) is 5.75 Å². The van der Waals surface area contributed by atoms with E-state index in [2.05, 4.69) is 22.1 Å². The minimum absolute atomic E-state index is 0.745. The number of nitrogens with zero attached hydrogens (tertiary/aromatic N) is 3. The third-order valence-electron chi connectivity index (χ3n) is 3.28. The number of ether oxygens (including phenoxy) is 1. The Kier molecular flexibility index (Phi) is 7.09. The van der Waals surface area contributed by atoms with Crippen molar-refractivity contribution >= 4 is 11.4 Å². The summed E-state index contributed by atoms with van der Waals surface area (Å²) in [7, 11) is 0. The van der Waals surface area contributed by atoms with Gasteiger partial charge in [0.2, 0.25) is 0 Å². The summed E-state index contributed by atoms with van der Waals surface area (Å²) in [6.07, 6.45) is 9.64. The first kappa shape index (κ1) is 16.1. The van der Waals surface area contributed by atoms with Gasteiger partial charge in [-0.1, -0.05) is 32.6 Å². The molecular weight excluding hydrogens is 274 g/mol. The van der Waals surface area contributed by atoms with Crippen molar-refractivity contribution in [3.63, 3.8) is 0 Å². The highest BCUT2D eigenvalue weighted by molar-refractivity contribution is 5.42. The van der Waals surface area contributed by atoms with Crippen LogP contribution in [-0.2, 0) is 0 Å². The highest BCUT2D eigenvalue weighted by Gasteiger charge is 1.96. The summed E-state index contributed by atoms with van der Waals surface area (Å²) in [5.41, 5.74) is 1.55. The van der Waals surface area contributed by atoms with Gasteiger partial charge in [0, 0.05) is 6.20 Å². The first-order chi connectivity index (χ1) is 10.9. The molecule has 4 nitrogen and oxygen atoms in total. The molecule has 0 saturated carbocycles. The van der Waals surface area contributed by atoms with Gasteiger partial charge in [-0.25, -0.2) is 0 Å². The van der Waals surface area contributed by atoms with Crippen LogP contribution >= 0.6 is 0 Å². The zero-order chi connectivity index (χ0) is 15.5. The van der Waals surface area contributed by atoms with E-state index >= 15 is 0 Å². The number of hydrogen-bond acceptors (Lipinski definition) is 4. The first-order valence-electron chi connectivity index (χ1n) is 7.93. The van der Waals surface area contributed by atoms with Crippen LogP contribution in [0, 0.1) is 0 Å². The van der Waals surface area contributed by atoms with Crippen LogP contribution in [0.4, 0.5) is 11.4 Å². The molecule has 1 aromatic carbocycles. The molecule has 0 fully saturated rings. The van der Waals surface area contributed by atoms with Crippen LogP contribution in [0.25, 0.3) is 0 Å². The minimum Gasteiger partial charge on any atom is -0.494 e. The summed E-state index contributed by atoms with van der Waals surface area (Å²) in [6, 6.07) is 11.4. The quantitative estimate of drug-likeness (QED) is 0.430. The molecule has 0 N–H and O–H groups in total. The molecule has 22 heavy (non-hydrogen) atoms. The highest BCUT2D eigenvalue weighted by atomic mass is 16.5. The Hall–Kier alpha value is -2.23. The van der Waals surface area contributed by atoms with Gasteiger partial charge < -0.3 is 4.74 Å². The molecule has 0 bridgehead atoms. The van der Waals surface area contributed by atoms with Gasteiger partial charge in [-0.2, -0.15) is 5.11 Å². The average Bonchev–Trinajstić information content (AvgIpc) is 2.58. The second kappa shape index (κ2) is 9.66. The summed E-state index contributed by atoms with van der Waals surface area (Å²) in [4.78, 5) is 4.00. The maximum Gasteiger partial charge on any atom is 0.119 e. The number of benzene rings is 1. The van der Waals surface area contributed by atoms with Gasteiger partial charge in [0.1, 0.15) is 11.4 Å². The number of azo groups is 1. The van der Waals surface area contributed by atoms with E-state index in [1.165, 1.54) is 25.7 Å². The molecule has 116 valence electrons. The molecule has 0 aliphatic rings. The van der Waals surface area contributed by atoms with Gasteiger partial charge in [0.15, 0.2) is 0 Å². The van der Waals surface area contributed by atoms with Crippen LogP contribution < -0.4 is 4.74 Å². The number of rotatable bonds is 9. The molecule has 4 heteroatoms. The van der Waals surface area contributed by atoms with E-state index in [0.29, 0.717) is 0 Å². The van der Waals surface area contributed by atoms with Gasteiger partial charge in [0.05, 0.1) is 18.5 Å². The molecule has 0 atom stereocenters. The fraction of sp³-hybridized carbons (Fsp3) is 0.389. The third-order valence-corrected chi connectivity index (χ3v) is 3.28. The Morgan fingerprint density at radius 3 is 2.41 bits per heavy atom. The molecule has 0 amide bonds. The lowest BCUT2D eigenvalue weighted by atomic mass is 10.2. The lowest BCUT2D eigenvalue weighted by molar-refractivity contribution is 0.304. The smallest absolute Gasteiger partial charge is 0.119 e. The van der Waals surface area contributed by atoms with Crippen molar-refractivity contribution in [3.05, 3.63) is 48.8 Å². The van der Waals surface area contributed by atoms with Crippen LogP contribution in [0.2, 0.25) is 0 Å². The first-order valence-corrected chi connectivity index (χ1v) is 7.93. The van der Waals surface area contributed by atoms with E-state index in [-0.39, 0.29) is 0 Å². The summed E-state index contributed by atoms with van der Waals surface area (Å²) in [6.45, 7) is 3.00. The zero-order valence-electron chi connectivity index (χ0n) is 13.1. The van der Waals surface area contributed by atoms with E-state index in [4.69, 9.17) is 4.74 Å². The van der Waals surface area contributed by atoms with Gasteiger partial charge in [-0.3, -0.25) is 4.98 Å². The SMILES string of the molecule is CCCCCCCOc1ccc(N=Nc2cccnc2)cc1. The van der Waals surface area contributed by atoms with E-state index in [1.807, 2.05) is 36.4 Å². The fourth-order valence-electron chi connectivity index (χ4n) is 2.03. The van der Waals surface area contributed by atoms with Gasteiger partial charge in [-0.15, -0.1) is 5.11 Å². The molecular formula is C18H23N3O. The second-order valence-corrected chi connectivity index (χ2v) is 5.17. The summed E-state index contributed by atoms with van der Waals surface area (Å²) in [5, 5.41) is 8.31. The van der Waals surface area contributed by atoms with Crippen molar-refractivity contribution in [2.75, 3.05) is 6.61 Å². The summed E-state index contributed by atoms with van der Waals surface area (Å²) < 4.78 is 5.72. The molecule has 0 unspecified atom stereocenters. The molecule has 0 radical (unpaired) electrons. The van der Waals surface area contributed by atoms with Crippen LogP contribution in [0.1, 0.15) is 39.0 Å². The minimum atomic E-state index is 0.745. The zero-order valence-corrected chi connectivity index (χ0v) is 13.1. The predicted molar refractivity (Wildman–Crippen MR) is 89.1 cm³/mol. The maximum absolute atomic E-state index is 5.72. The van der Waals surface area contributed by atoms with Crippen molar-refractivity contribution in [2.45, 2.75) is 39.0 Å². The third kappa shape index (κ3) is 6.04. The molecule has 0 saturated heterocycles. The summed E-state index contributed by atoms with van der Waals surface area (Å²) >= 11 is 0. The molecule has 2 rings (SSSR count). The van der Waals surface area contributed by atoms with Gasteiger partial charge >= 0.3 is 0 Å². The number of unbranched alkanes of at least 4 members (excludes halogenated alkanes) is 4. The number of aromatic nitrogens is 1. The Morgan fingerprint density at radius 1 is 0.909 bits per heavy atom. The van der Waals surface area contributed by atoms with E-state index in [1.54, 1.807) is 12.4 Å². The molecule has 0 aliphatic carbocycles. The molecule has 1 heterocycles. The van der Waals surface area contributed by atoms with Crippen LogP contribution in [-0.4, -0.2) is 11.6 Å². The van der Waals surface area contributed by atoms with E-state index < -0.39 is 0 Å². The molecule has 1 aromatic heterocycles. The van der Waals surface area contributed by atoms with E-state index in [0.717, 1.165) is 30.2 Å². The summed E-state index contributed by atoms with van der Waals surface area (Å²) in [5.74, 6) is 0.885. The van der Waals surface area contributed by atoms with Gasteiger partial charge in [-0.05, 0) is 42.8 Å². The van der Waals surface area contributed by atoms with Crippen LogP contribution in [0.3, 0.4) is 0 Å². The molecule has 0 spiro atoms. The Labute approximate surface area is 132 Å². The normalized spacial score (nSPS) is 11.0. The van der Waals surface area contributed by atoms with Crippen molar-refractivity contribution in [1.29, 1.82) is 0 Å². The van der Waals surface area contributed by atoms with Crippen molar-refractivity contribution < 1.29 is 4.74 Å². The standard InChI is InChI=1S/C18H23N3O/c1-2-3-4-5-6-14-22-18-11-9-16(10-12-18)20-21-17-8-7-13-19-15-17/h7-13,15H,2-6,14H2,1H3. The van der Waals surface area contributed by atoms with Crippen molar-refractivity contribution in [2.24, 2.45) is 10.2 Å². The maximum atomic E-state index is 5.72. The second-order valence-electron chi connectivity index (χ2n) is 5.17. The predicted octanol–water partition coefficient (Wildman–Crippen LogP) is 5.85. The molecule has 0 aliphatic heterocycles. The van der Waals surface area contributed by atoms with Gasteiger partial charge in [0.25, 0.3) is 0 Å². The topological polar surface area (TPSA) is 46.8 Å². The average molecular weight is 297 g/mol. The van der Waals surface area contributed by atoms with Crippen molar-refractivity contribution in [1.82, 2.24) is 4.98 Å².